The molecule has 0 aliphatic carbocycles. The van der Waals surface area contributed by atoms with Crippen molar-refractivity contribution in [2.24, 2.45) is 0 Å². The summed E-state index contributed by atoms with van der Waals surface area (Å²) in [7, 11) is -4.04. The van der Waals surface area contributed by atoms with Crippen LogP contribution in [0.15, 0.2) is 65.6 Å². The van der Waals surface area contributed by atoms with Gasteiger partial charge >= 0.3 is 0 Å². The van der Waals surface area contributed by atoms with Crippen LogP contribution in [0.3, 0.4) is 0 Å². The number of aryl methyl sites for hydroxylation is 2. The molecule has 9 heteroatoms. The number of sulfonamides is 1. The number of carbonyl (C=O) groups excluding carboxylic acids is 1. The van der Waals surface area contributed by atoms with Crippen LogP contribution in [0.2, 0.25) is 10.0 Å². The number of rotatable bonds is 6. The van der Waals surface area contributed by atoms with Gasteiger partial charge in [0.15, 0.2) is 0 Å². The van der Waals surface area contributed by atoms with Crippen molar-refractivity contribution in [1.29, 1.82) is 0 Å². The molecule has 0 radical (unpaired) electrons. The maximum absolute atomic E-state index is 13.4. The SMILES string of the molecule is Cc1ccc(S(=O)(=O)N(CC(=O)Nc2ccc(I)cc2C)c2ccc(Cl)c(Cl)c2)cc1. The summed E-state index contributed by atoms with van der Waals surface area (Å²) < 4.78 is 28.9. The predicted octanol–water partition coefficient (Wildman–Crippen LogP) is 6.05. The maximum atomic E-state index is 13.4. The first-order valence-corrected chi connectivity index (χ1v) is 12.5. The number of hydrogen-bond donors (Lipinski definition) is 1. The van der Waals surface area contributed by atoms with Gasteiger partial charge in [0.25, 0.3) is 10.0 Å². The number of amides is 1. The second-order valence-electron chi connectivity index (χ2n) is 6.93. The lowest BCUT2D eigenvalue weighted by Crippen LogP contribution is -2.38. The maximum Gasteiger partial charge on any atom is 0.264 e. The smallest absolute Gasteiger partial charge is 0.264 e. The van der Waals surface area contributed by atoms with E-state index in [9.17, 15) is 13.2 Å². The lowest BCUT2D eigenvalue weighted by atomic mass is 10.2. The number of halogens is 3. The van der Waals surface area contributed by atoms with Crippen LogP contribution in [0.4, 0.5) is 11.4 Å². The number of carbonyl (C=O) groups is 1. The molecule has 0 fully saturated rings. The average Bonchev–Trinajstić information content (AvgIpc) is 2.71. The van der Waals surface area contributed by atoms with Gasteiger partial charge in [-0.2, -0.15) is 0 Å². The van der Waals surface area contributed by atoms with Gasteiger partial charge in [-0.05, 0) is 90.5 Å². The lowest BCUT2D eigenvalue weighted by Gasteiger charge is -2.24. The van der Waals surface area contributed by atoms with Gasteiger partial charge in [-0.3, -0.25) is 9.10 Å². The van der Waals surface area contributed by atoms with Crippen LogP contribution in [-0.4, -0.2) is 20.9 Å². The topological polar surface area (TPSA) is 66.5 Å². The molecule has 3 aromatic carbocycles. The van der Waals surface area contributed by atoms with Crippen LogP contribution < -0.4 is 9.62 Å². The number of benzene rings is 3. The highest BCUT2D eigenvalue weighted by Gasteiger charge is 2.28. The molecule has 0 unspecified atom stereocenters. The zero-order valence-electron chi connectivity index (χ0n) is 16.7. The fraction of sp³-hybridized carbons (Fsp3) is 0.136. The summed E-state index contributed by atoms with van der Waals surface area (Å²) in [5.41, 5.74) is 2.66. The van der Waals surface area contributed by atoms with Crippen LogP contribution in [0.5, 0.6) is 0 Å². The Hall–Kier alpha value is -1.81. The molecule has 5 nitrogen and oxygen atoms in total. The number of anilines is 2. The van der Waals surface area contributed by atoms with Crippen molar-refractivity contribution in [3.63, 3.8) is 0 Å². The van der Waals surface area contributed by atoms with Crippen LogP contribution in [-0.2, 0) is 14.8 Å². The minimum absolute atomic E-state index is 0.0717. The molecule has 162 valence electrons. The highest BCUT2D eigenvalue weighted by Crippen LogP contribution is 2.30. The van der Waals surface area contributed by atoms with E-state index in [1.807, 2.05) is 26.0 Å². The standard InChI is InChI=1S/C22H19Cl2IN2O3S/c1-14-3-7-18(8-4-14)31(29,30)27(17-6-9-19(23)20(24)12-17)13-22(28)26-21-10-5-16(25)11-15(21)2/h3-12H,13H2,1-2H3,(H,26,28). The van der Waals surface area contributed by atoms with Crippen molar-refractivity contribution in [3.05, 3.63) is 85.4 Å². The van der Waals surface area contributed by atoms with Crippen molar-refractivity contribution in [2.75, 3.05) is 16.2 Å². The monoisotopic (exact) mass is 588 g/mol. The van der Waals surface area contributed by atoms with E-state index in [-0.39, 0.29) is 20.6 Å². The van der Waals surface area contributed by atoms with Crippen LogP contribution in [0.25, 0.3) is 0 Å². The van der Waals surface area contributed by atoms with Gasteiger partial charge in [-0.25, -0.2) is 8.42 Å². The zero-order valence-corrected chi connectivity index (χ0v) is 21.2. The first kappa shape index (κ1) is 23.8. The quantitative estimate of drug-likeness (QED) is 0.357. The van der Waals surface area contributed by atoms with E-state index in [4.69, 9.17) is 23.2 Å². The normalized spacial score (nSPS) is 11.3. The molecule has 0 aliphatic heterocycles. The van der Waals surface area contributed by atoms with E-state index in [2.05, 4.69) is 27.9 Å². The highest BCUT2D eigenvalue weighted by atomic mass is 127. The highest BCUT2D eigenvalue weighted by molar-refractivity contribution is 14.1. The lowest BCUT2D eigenvalue weighted by molar-refractivity contribution is -0.114. The van der Waals surface area contributed by atoms with Crippen molar-refractivity contribution >= 4 is 73.1 Å². The van der Waals surface area contributed by atoms with Crippen LogP contribution >= 0.6 is 45.8 Å². The Morgan fingerprint density at radius 3 is 2.26 bits per heavy atom. The molecule has 1 N–H and O–H groups in total. The summed E-state index contributed by atoms with van der Waals surface area (Å²) in [5.74, 6) is -0.480. The van der Waals surface area contributed by atoms with Gasteiger partial charge in [-0.15, -0.1) is 0 Å². The van der Waals surface area contributed by atoms with E-state index < -0.39 is 22.5 Å². The first-order valence-electron chi connectivity index (χ1n) is 9.18. The van der Waals surface area contributed by atoms with Gasteiger partial charge < -0.3 is 5.32 Å². The summed E-state index contributed by atoms with van der Waals surface area (Å²) in [6.45, 7) is 3.31. The van der Waals surface area contributed by atoms with E-state index >= 15 is 0 Å². The number of nitrogens with one attached hydrogen (secondary N) is 1. The average molecular weight is 589 g/mol. The fourth-order valence-electron chi connectivity index (χ4n) is 2.88. The third-order valence-electron chi connectivity index (χ3n) is 4.55. The second kappa shape index (κ2) is 9.77. The van der Waals surface area contributed by atoms with Gasteiger partial charge in [-0.1, -0.05) is 40.9 Å². The van der Waals surface area contributed by atoms with E-state index in [1.165, 1.54) is 30.3 Å². The van der Waals surface area contributed by atoms with Gasteiger partial charge in [0, 0.05) is 9.26 Å². The zero-order chi connectivity index (χ0) is 22.8. The molecule has 0 aromatic heterocycles. The molecule has 0 saturated carbocycles. The molecule has 0 heterocycles. The molecular weight excluding hydrogens is 570 g/mol. The molecule has 31 heavy (non-hydrogen) atoms. The van der Waals surface area contributed by atoms with Gasteiger partial charge in [0.2, 0.25) is 5.91 Å². The molecule has 0 saturated heterocycles. The Morgan fingerprint density at radius 1 is 0.968 bits per heavy atom. The summed E-state index contributed by atoms with van der Waals surface area (Å²) in [6, 6.07) is 16.4. The van der Waals surface area contributed by atoms with Gasteiger partial charge in [0.1, 0.15) is 6.54 Å². The fourth-order valence-corrected chi connectivity index (χ4v) is 5.23. The predicted molar refractivity (Wildman–Crippen MR) is 135 cm³/mol. The molecule has 3 rings (SSSR count). The Morgan fingerprint density at radius 2 is 1.65 bits per heavy atom. The van der Waals surface area contributed by atoms with E-state index in [0.29, 0.717) is 5.69 Å². The second-order valence-corrected chi connectivity index (χ2v) is 10.9. The largest absolute Gasteiger partial charge is 0.324 e. The van der Waals surface area contributed by atoms with E-state index in [1.54, 1.807) is 18.2 Å². The molecule has 0 atom stereocenters. The Bertz CT molecular complexity index is 1230. The van der Waals surface area contributed by atoms with Crippen LogP contribution in [0, 0.1) is 17.4 Å². The molecule has 0 bridgehead atoms. The van der Waals surface area contributed by atoms with Crippen LogP contribution in [0.1, 0.15) is 11.1 Å². The van der Waals surface area contributed by atoms with E-state index in [0.717, 1.165) is 19.0 Å². The molecule has 3 aromatic rings. The Labute approximate surface area is 205 Å². The minimum Gasteiger partial charge on any atom is -0.324 e. The Balaban J connectivity index is 1.98. The molecular formula is C22H19Cl2IN2O3S. The first-order chi connectivity index (χ1) is 14.6. The van der Waals surface area contributed by atoms with Crippen molar-refractivity contribution < 1.29 is 13.2 Å². The number of nitrogens with zero attached hydrogens (tertiary/aromatic N) is 1. The minimum atomic E-state index is -4.04. The Kier molecular flexibility index (Phi) is 7.51. The summed E-state index contributed by atoms with van der Waals surface area (Å²) >= 11 is 14.3. The molecule has 0 spiro atoms. The summed E-state index contributed by atoms with van der Waals surface area (Å²) in [6.07, 6.45) is 0. The summed E-state index contributed by atoms with van der Waals surface area (Å²) in [4.78, 5) is 12.9. The third-order valence-corrected chi connectivity index (χ3v) is 7.75. The molecule has 1 amide bonds. The van der Waals surface area contributed by atoms with Crippen molar-refractivity contribution in [3.8, 4) is 0 Å². The van der Waals surface area contributed by atoms with Gasteiger partial charge in [0.05, 0.1) is 20.6 Å². The van der Waals surface area contributed by atoms with Crippen molar-refractivity contribution in [1.82, 2.24) is 0 Å². The number of hydrogen-bond acceptors (Lipinski definition) is 3. The summed E-state index contributed by atoms with van der Waals surface area (Å²) in [5, 5.41) is 3.27. The third kappa shape index (κ3) is 5.71. The molecule has 0 aliphatic rings. The van der Waals surface area contributed by atoms with Crippen molar-refractivity contribution in [2.45, 2.75) is 18.7 Å².